The van der Waals surface area contributed by atoms with Gasteiger partial charge in [0.15, 0.2) is 0 Å². The number of aliphatic hydroxyl groups is 1. The summed E-state index contributed by atoms with van der Waals surface area (Å²) in [5, 5.41) is 13.9. The summed E-state index contributed by atoms with van der Waals surface area (Å²) in [4.78, 5) is 2.31. The molecule has 1 atom stereocenters. The van der Waals surface area contributed by atoms with E-state index in [4.69, 9.17) is 0 Å². The minimum atomic E-state index is -0.588. The van der Waals surface area contributed by atoms with E-state index in [0.29, 0.717) is 6.54 Å². The number of benzene rings is 1. The average molecular weight is 355 g/mol. The van der Waals surface area contributed by atoms with Gasteiger partial charge in [-0.25, -0.2) is 0 Å². The number of piperidine rings is 1. The lowest BCUT2D eigenvalue weighted by Gasteiger charge is -2.39. The van der Waals surface area contributed by atoms with E-state index in [1.54, 1.807) is 0 Å². The Morgan fingerprint density at radius 1 is 1.38 bits per heavy atom. The van der Waals surface area contributed by atoms with Crippen LogP contribution in [0.15, 0.2) is 22.7 Å². The van der Waals surface area contributed by atoms with Crippen molar-refractivity contribution in [3.63, 3.8) is 0 Å². The molecule has 1 aromatic rings. The van der Waals surface area contributed by atoms with Crippen LogP contribution in [0.5, 0.6) is 0 Å². The number of rotatable bonds is 3. The Morgan fingerprint density at radius 2 is 2.10 bits per heavy atom. The van der Waals surface area contributed by atoms with Gasteiger partial charge in [-0.3, -0.25) is 0 Å². The van der Waals surface area contributed by atoms with E-state index >= 15 is 0 Å². The third-order valence-corrected chi connectivity index (χ3v) is 4.37. The van der Waals surface area contributed by atoms with Crippen molar-refractivity contribution < 1.29 is 5.11 Å². The predicted octanol–water partition coefficient (Wildman–Crippen LogP) is 3.69. The third-order valence-electron chi connectivity index (χ3n) is 3.87. The number of halogens is 1. The SMILES string of the molecule is CC1(O)CCCN(c2cc(Br)ccc2CNC(C)(C)C)C1. The summed E-state index contributed by atoms with van der Waals surface area (Å²) in [7, 11) is 0. The Balaban J connectivity index is 2.22. The molecule has 0 saturated carbocycles. The van der Waals surface area contributed by atoms with Crippen LogP contribution >= 0.6 is 15.9 Å². The van der Waals surface area contributed by atoms with Crippen molar-refractivity contribution >= 4 is 21.6 Å². The minimum absolute atomic E-state index is 0.0950. The van der Waals surface area contributed by atoms with Crippen molar-refractivity contribution in [3.8, 4) is 0 Å². The second-order valence-corrected chi connectivity index (χ2v) is 8.31. The van der Waals surface area contributed by atoms with E-state index < -0.39 is 5.60 Å². The molecule has 4 heteroatoms. The summed E-state index contributed by atoms with van der Waals surface area (Å²) in [5.41, 5.74) is 2.01. The van der Waals surface area contributed by atoms with E-state index in [1.165, 1.54) is 11.3 Å². The summed E-state index contributed by atoms with van der Waals surface area (Å²) in [5.74, 6) is 0. The average Bonchev–Trinajstić information content (AvgIpc) is 2.35. The highest BCUT2D eigenvalue weighted by Gasteiger charge is 2.29. The number of nitrogens with one attached hydrogen (secondary N) is 1. The van der Waals surface area contributed by atoms with Gasteiger partial charge in [0.1, 0.15) is 0 Å². The molecule has 1 aliphatic rings. The molecule has 1 unspecified atom stereocenters. The molecule has 1 aliphatic heterocycles. The van der Waals surface area contributed by atoms with Crippen LogP contribution in [0.4, 0.5) is 5.69 Å². The van der Waals surface area contributed by atoms with E-state index in [9.17, 15) is 5.11 Å². The fraction of sp³-hybridized carbons (Fsp3) is 0.647. The number of nitrogens with zero attached hydrogens (tertiary/aromatic N) is 1. The summed E-state index contributed by atoms with van der Waals surface area (Å²) in [6, 6.07) is 6.42. The van der Waals surface area contributed by atoms with Crippen molar-refractivity contribution in [2.45, 2.75) is 58.2 Å². The van der Waals surface area contributed by atoms with Crippen molar-refractivity contribution in [1.82, 2.24) is 5.32 Å². The van der Waals surface area contributed by atoms with Crippen molar-refractivity contribution in [2.24, 2.45) is 0 Å². The highest BCUT2D eigenvalue weighted by molar-refractivity contribution is 9.10. The largest absolute Gasteiger partial charge is 0.388 e. The second kappa shape index (κ2) is 6.27. The Bertz CT molecular complexity index is 494. The maximum absolute atomic E-state index is 10.4. The van der Waals surface area contributed by atoms with Crippen LogP contribution in [0.3, 0.4) is 0 Å². The van der Waals surface area contributed by atoms with Gasteiger partial charge in [0.25, 0.3) is 0 Å². The maximum atomic E-state index is 10.4. The first-order valence-corrected chi connectivity index (χ1v) is 8.46. The molecule has 1 fully saturated rings. The van der Waals surface area contributed by atoms with Gasteiger partial charge in [0.05, 0.1) is 5.60 Å². The summed E-state index contributed by atoms with van der Waals surface area (Å²) in [6.07, 6.45) is 1.92. The molecule has 0 radical (unpaired) electrons. The minimum Gasteiger partial charge on any atom is -0.388 e. The molecule has 0 amide bonds. The number of anilines is 1. The first-order valence-electron chi connectivity index (χ1n) is 7.67. The van der Waals surface area contributed by atoms with Gasteiger partial charge in [0, 0.05) is 35.3 Å². The van der Waals surface area contributed by atoms with E-state index in [2.05, 4.69) is 65.1 Å². The molecule has 0 spiro atoms. The number of β-amino-alcohol motifs (C(OH)–C–C–N with tert-alkyl or cyclic N) is 1. The van der Waals surface area contributed by atoms with Crippen molar-refractivity contribution in [3.05, 3.63) is 28.2 Å². The standard InChI is InChI=1S/C17H27BrN2O/c1-16(2,3)19-11-13-6-7-14(18)10-15(13)20-9-5-8-17(4,21)12-20/h6-7,10,19,21H,5,8-9,11-12H2,1-4H3. The molecule has 3 nitrogen and oxygen atoms in total. The fourth-order valence-corrected chi connectivity index (χ4v) is 3.12. The van der Waals surface area contributed by atoms with Crippen LogP contribution in [0, 0.1) is 0 Å². The van der Waals surface area contributed by atoms with Crippen LogP contribution in [0.1, 0.15) is 46.1 Å². The lowest BCUT2D eigenvalue weighted by atomic mass is 9.94. The van der Waals surface area contributed by atoms with Crippen molar-refractivity contribution in [1.29, 1.82) is 0 Å². The fourth-order valence-electron chi connectivity index (χ4n) is 2.77. The topological polar surface area (TPSA) is 35.5 Å². The molecule has 1 saturated heterocycles. The lowest BCUT2D eigenvalue weighted by Crippen LogP contribution is -2.46. The molecule has 0 aromatic heterocycles. The molecule has 21 heavy (non-hydrogen) atoms. The quantitative estimate of drug-likeness (QED) is 0.868. The summed E-state index contributed by atoms with van der Waals surface area (Å²) in [6.45, 7) is 11.0. The third kappa shape index (κ3) is 4.97. The number of hydrogen-bond acceptors (Lipinski definition) is 3. The van der Waals surface area contributed by atoms with Crippen LogP contribution in [0.2, 0.25) is 0 Å². The zero-order valence-electron chi connectivity index (χ0n) is 13.5. The molecule has 2 N–H and O–H groups in total. The van der Waals surface area contributed by atoms with E-state index in [-0.39, 0.29) is 5.54 Å². The van der Waals surface area contributed by atoms with Gasteiger partial charge in [-0.05, 0) is 58.2 Å². The lowest BCUT2D eigenvalue weighted by molar-refractivity contribution is 0.0449. The number of hydrogen-bond donors (Lipinski definition) is 2. The molecule has 118 valence electrons. The van der Waals surface area contributed by atoms with Gasteiger partial charge in [-0.1, -0.05) is 22.0 Å². The zero-order chi connectivity index (χ0) is 15.7. The van der Waals surface area contributed by atoms with Crippen LogP contribution in [-0.2, 0) is 6.54 Å². The molecule has 0 aliphatic carbocycles. The first-order chi connectivity index (χ1) is 9.66. The predicted molar refractivity (Wildman–Crippen MR) is 92.8 cm³/mol. The molecular formula is C17H27BrN2O. The van der Waals surface area contributed by atoms with Gasteiger partial charge in [0.2, 0.25) is 0 Å². The summed E-state index contributed by atoms with van der Waals surface area (Å²) < 4.78 is 1.09. The monoisotopic (exact) mass is 354 g/mol. The maximum Gasteiger partial charge on any atom is 0.0794 e. The summed E-state index contributed by atoms with van der Waals surface area (Å²) >= 11 is 3.57. The van der Waals surface area contributed by atoms with Crippen molar-refractivity contribution in [2.75, 3.05) is 18.0 Å². The van der Waals surface area contributed by atoms with Crippen LogP contribution < -0.4 is 10.2 Å². The van der Waals surface area contributed by atoms with E-state index in [0.717, 1.165) is 30.4 Å². The molecule has 1 aromatic carbocycles. The van der Waals surface area contributed by atoms with Gasteiger partial charge in [-0.2, -0.15) is 0 Å². The van der Waals surface area contributed by atoms with Gasteiger partial charge < -0.3 is 15.3 Å². The highest BCUT2D eigenvalue weighted by atomic mass is 79.9. The normalized spacial score (nSPS) is 23.4. The molecule has 2 rings (SSSR count). The Morgan fingerprint density at radius 3 is 2.71 bits per heavy atom. The smallest absolute Gasteiger partial charge is 0.0794 e. The Hall–Kier alpha value is -0.580. The van der Waals surface area contributed by atoms with Gasteiger partial charge in [-0.15, -0.1) is 0 Å². The highest BCUT2D eigenvalue weighted by Crippen LogP contribution is 2.31. The first kappa shape index (κ1) is 16.8. The second-order valence-electron chi connectivity index (χ2n) is 7.40. The van der Waals surface area contributed by atoms with Crippen LogP contribution in [0.25, 0.3) is 0 Å². The Kier molecular flexibility index (Phi) is 5.01. The molecular weight excluding hydrogens is 328 g/mol. The van der Waals surface area contributed by atoms with E-state index in [1.807, 2.05) is 6.92 Å². The zero-order valence-corrected chi connectivity index (χ0v) is 15.1. The molecule has 1 heterocycles. The van der Waals surface area contributed by atoms with Gasteiger partial charge >= 0.3 is 0 Å². The molecule has 0 bridgehead atoms. The van der Waals surface area contributed by atoms with Crippen LogP contribution in [-0.4, -0.2) is 29.3 Å². The Labute approximate surface area is 136 Å².